The summed E-state index contributed by atoms with van der Waals surface area (Å²) in [6, 6.07) is 0. The van der Waals surface area contributed by atoms with Crippen LogP contribution in [0.1, 0.15) is 316 Å². The molecule has 0 aromatic heterocycles. The highest BCUT2D eigenvalue weighted by Gasteiger charge is 2.16. The van der Waals surface area contributed by atoms with Gasteiger partial charge < -0.3 is 14.6 Å². The summed E-state index contributed by atoms with van der Waals surface area (Å²) in [5.41, 5.74) is 0. The summed E-state index contributed by atoms with van der Waals surface area (Å²) < 4.78 is 10.6. The van der Waals surface area contributed by atoms with E-state index in [1.165, 1.54) is 250 Å². The van der Waals surface area contributed by atoms with Gasteiger partial charge >= 0.3 is 11.9 Å². The van der Waals surface area contributed by atoms with Gasteiger partial charge in [0.1, 0.15) is 6.61 Å². The lowest BCUT2D eigenvalue weighted by atomic mass is 10.0. The molecule has 0 spiro atoms. The Labute approximate surface area is 369 Å². The van der Waals surface area contributed by atoms with Crippen LogP contribution in [0.15, 0.2) is 0 Å². The van der Waals surface area contributed by atoms with Crippen LogP contribution in [-0.4, -0.2) is 36.4 Å². The largest absolute Gasteiger partial charge is 0.462 e. The summed E-state index contributed by atoms with van der Waals surface area (Å²) in [4.78, 5) is 24.2. The van der Waals surface area contributed by atoms with Crippen LogP contribution in [0, 0.1) is 0 Å². The number of esters is 2. The third-order valence-electron chi connectivity index (χ3n) is 12.7. The predicted octanol–water partition coefficient (Wildman–Crippen LogP) is 17.8. The Morgan fingerprint density at radius 3 is 0.746 bits per heavy atom. The van der Waals surface area contributed by atoms with Crippen LogP contribution in [0.25, 0.3) is 0 Å². The van der Waals surface area contributed by atoms with Crippen molar-refractivity contribution in [2.75, 3.05) is 13.2 Å². The zero-order valence-electron chi connectivity index (χ0n) is 40.3. The molecule has 1 unspecified atom stereocenters. The summed E-state index contributed by atoms with van der Waals surface area (Å²) in [5.74, 6) is -0.577. The average molecular weight is 835 g/mol. The van der Waals surface area contributed by atoms with Crippen molar-refractivity contribution in [2.24, 2.45) is 0 Å². The minimum Gasteiger partial charge on any atom is -0.462 e. The Kier molecular flexibility index (Phi) is 50.3. The van der Waals surface area contributed by atoms with Crippen molar-refractivity contribution in [3.05, 3.63) is 0 Å². The highest BCUT2D eigenvalue weighted by atomic mass is 16.6. The van der Waals surface area contributed by atoms with E-state index in [0.717, 1.165) is 38.5 Å². The molecule has 0 fully saturated rings. The van der Waals surface area contributed by atoms with Gasteiger partial charge in [-0.2, -0.15) is 0 Å². The molecule has 1 N–H and O–H groups in total. The first-order valence-electron chi connectivity index (χ1n) is 27.1. The van der Waals surface area contributed by atoms with Crippen molar-refractivity contribution in [3.8, 4) is 0 Å². The Morgan fingerprint density at radius 2 is 0.525 bits per heavy atom. The maximum Gasteiger partial charge on any atom is 0.306 e. The van der Waals surface area contributed by atoms with Crippen LogP contribution in [-0.2, 0) is 19.1 Å². The molecule has 0 aromatic carbocycles. The molecule has 0 heterocycles. The van der Waals surface area contributed by atoms with Crippen molar-refractivity contribution < 1.29 is 24.2 Å². The molecular formula is C54H106O5. The topological polar surface area (TPSA) is 72.8 Å². The SMILES string of the molecule is CCCCCCCCCCCCCCCCCCCCCCCCCCCCCCCCCCCCCCCC(=O)OC(CO)COC(=O)CCCCCCCCCC. The van der Waals surface area contributed by atoms with E-state index < -0.39 is 6.10 Å². The zero-order chi connectivity index (χ0) is 42.8. The van der Waals surface area contributed by atoms with Gasteiger partial charge in [0, 0.05) is 12.8 Å². The zero-order valence-corrected chi connectivity index (χ0v) is 40.3. The molecule has 5 heteroatoms. The molecule has 0 amide bonds. The highest BCUT2D eigenvalue weighted by Crippen LogP contribution is 2.18. The summed E-state index contributed by atoms with van der Waals surface area (Å²) in [6.45, 7) is 4.15. The smallest absolute Gasteiger partial charge is 0.306 e. The van der Waals surface area contributed by atoms with Gasteiger partial charge in [-0.25, -0.2) is 0 Å². The fourth-order valence-electron chi connectivity index (χ4n) is 8.56. The summed E-state index contributed by atoms with van der Waals surface area (Å²) in [7, 11) is 0. The van der Waals surface area contributed by atoms with Crippen molar-refractivity contribution in [1.29, 1.82) is 0 Å². The number of aliphatic hydroxyl groups is 1. The Bertz CT molecular complexity index is 815. The maximum absolute atomic E-state index is 12.2. The van der Waals surface area contributed by atoms with Crippen LogP contribution in [0.2, 0.25) is 0 Å². The van der Waals surface area contributed by atoms with Gasteiger partial charge in [0.2, 0.25) is 0 Å². The van der Waals surface area contributed by atoms with Gasteiger partial charge in [0.15, 0.2) is 6.10 Å². The number of carbonyl (C=O) groups is 2. The number of rotatable bonds is 51. The van der Waals surface area contributed by atoms with Crippen molar-refractivity contribution >= 4 is 11.9 Å². The Hall–Kier alpha value is -1.10. The average Bonchev–Trinajstić information content (AvgIpc) is 3.24. The second-order valence-electron chi connectivity index (χ2n) is 18.7. The van der Waals surface area contributed by atoms with E-state index in [1.54, 1.807) is 0 Å². The van der Waals surface area contributed by atoms with Gasteiger partial charge in [-0.1, -0.05) is 290 Å². The van der Waals surface area contributed by atoms with Gasteiger partial charge in [-0.05, 0) is 12.8 Å². The van der Waals surface area contributed by atoms with Crippen LogP contribution in [0.4, 0.5) is 0 Å². The first kappa shape index (κ1) is 57.9. The lowest BCUT2D eigenvalue weighted by Gasteiger charge is -2.15. The maximum atomic E-state index is 12.2. The van der Waals surface area contributed by atoms with Crippen molar-refractivity contribution in [1.82, 2.24) is 0 Å². The standard InChI is InChI=1S/C54H106O5/c1-3-5-7-9-11-13-14-15-16-17-18-19-20-21-22-23-24-25-26-27-28-29-30-31-32-33-34-35-36-37-38-39-40-41-43-45-47-49-54(57)59-52(50-55)51-58-53(56)48-46-44-42-12-10-8-6-4-2/h52,55H,3-51H2,1-2H3. The number of hydrogen-bond donors (Lipinski definition) is 1. The number of hydrogen-bond acceptors (Lipinski definition) is 5. The predicted molar refractivity (Wildman–Crippen MR) is 256 cm³/mol. The molecule has 0 aliphatic carbocycles. The molecule has 1 atom stereocenters. The number of carbonyl (C=O) groups excluding carboxylic acids is 2. The molecular weight excluding hydrogens is 729 g/mol. The number of ether oxygens (including phenoxy) is 2. The molecule has 5 nitrogen and oxygen atoms in total. The van der Waals surface area contributed by atoms with Gasteiger partial charge in [-0.3, -0.25) is 9.59 Å². The lowest BCUT2D eigenvalue weighted by Crippen LogP contribution is -2.28. The van der Waals surface area contributed by atoms with Crippen LogP contribution in [0.5, 0.6) is 0 Å². The fourth-order valence-corrected chi connectivity index (χ4v) is 8.56. The molecule has 0 aliphatic rings. The Balaban J connectivity index is 3.29. The summed E-state index contributed by atoms with van der Waals surface area (Å²) >= 11 is 0. The molecule has 0 radical (unpaired) electrons. The van der Waals surface area contributed by atoms with Crippen LogP contribution < -0.4 is 0 Å². The second kappa shape index (κ2) is 51.3. The van der Waals surface area contributed by atoms with E-state index in [9.17, 15) is 14.7 Å². The van der Waals surface area contributed by atoms with Crippen LogP contribution in [0.3, 0.4) is 0 Å². The lowest BCUT2D eigenvalue weighted by molar-refractivity contribution is -0.161. The van der Waals surface area contributed by atoms with Gasteiger partial charge in [0.25, 0.3) is 0 Å². The number of unbranched alkanes of at least 4 members (excludes halogenated alkanes) is 43. The molecule has 0 saturated heterocycles. The van der Waals surface area contributed by atoms with E-state index in [0.29, 0.717) is 12.8 Å². The summed E-state index contributed by atoms with van der Waals surface area (Å²) in [5, 5.41) is 9.56. The molecule has 0 bridgehead atoms. The van der Waals surface area contributed by atoms with E-state index in [-0.39, 0.29) is 25.2 Å². The number of aliphatic hydroxyl groups excluding tert-OH is 1. The third kappa shape index (κ3) is 49.4. The van der Waals surface area contributed by atoms with Crippen molar-refractivity contribution in [3.63, 3.8) is 0 Å². The minimum absolute atomic E-state index is 0.0577. The Morgan fingerprint density at radius 1 is 0.322 bits per heavy atom. The third-order valence-corrected chi connectivity index (χ3v) is 12.7. The summed E-state index contributed by atoms with van der Waals surface area (Å²) in [6.07, 6.45) is 61.2. The monoisotopic (exact) mass is 835 g/mol. The van der Waals surface area contributed by atoms with Gasteiger partial charge in [0.05, 0.1) is 6.61 Å². The first-order chi connectivity index (χ1) is 29.1. The van der Waals surface area contributed by atoms with E-state index in [2.05, 4.69) is 13.8 Å². The fraction of sp³-hybridized carbons (Fsp3) is 0.963. The molecule has 59 heavy (non-hydrogen) atoms. The molecule has 0 rings (SSSR count). The van der Waals surface area contributed by atoms with E-state index >= 15 is 0 Å². The molecule has 0 aliphatic heterocycles. The molecule has 0 saturated carbocycles. The quantitative estimate of drug-likeness (QED) is 0.0488. The minimum atomic E-state index is -0.761. The molecule has 352 valence electrons. The van der Waals surface area contributed by atoms with E-state index in [4.69, 9.17) is 9.47 Å². The van der Waals surface area contributed by atoms with Crippen LogP contribution >= 0.6 is 0 Å². The van der Waals surface area contributed by atoms with Crippen molar-refractivity contribution in [2.45, 2.75) is 322 Å². The van der Waals surface area contributed by atoms with E-state index in [1.807, 2.05) is 0 Å². The highest BCUT2D eigenvalue weighted by molar-refractivity contribution is 5.70. The first-order valence-corrected chi connectivity index (χ1v) is 27.1. The normalized spacial score (nSPS) is 12.0. The molecule has 0 aromatic rings. The van der Waals surface area contributed by atoms with Gasteiger partial charge in [-0.15, -0.1) is 0 Å². The second-order valence-corrected chi connectivity index (χ2v) is 18.7.